The lowest BCUT2D eigenvalue weighted by Gasteiger charge is -2.33. The molecule has 0 amide bonds. The van der Waals surface area contributed by atoms with Crippen LogP contribution in [0.4, 0.5) is 5.69 Å². The molecule has 2 heterocycles. The number of hydrogen-bond donors (Lipinski definition) is 1. The van der Waals surface area contributed by atoms with Crippen molar-refractivity contribution in [3.8, 4) is 0 Å². The van der Waals surface area contributed by atoms with Gasteiger partial charge in [0.2, 0.25) is 5.43 Å². The van der Waals surface area contributed by atoms with Gasteiger partial charge in [0, 0.05) is 25.0 Å². The van der Waals surface area contributed by atoms with E-state index in [1.54, 1.807) is 12.4 Å². The fourth-order valence-electron chi connectivity index (χ4n) is 3.48. The standard InChI is InChI=1S/C15H22N2O2/c16-13-11-17(9-5-14(13)18)10-12-4-8-15(19-12)6-2-1-3-7-15/h5,9,11-12H,1-4,6-8,10,16H2. The third-order valence-corrected chi connectivity index (χ3v) is 4.52. The van der Waals surface area contributed by atoms with Crippen LogP contribution in [-0.2, 0) is 11.3 Å². The fourth-order valence-corrected chi connectivity index (χ4v) is 3.48. The van der Waals surface area contributed by atoms with Gasteiger partial charge >= 0.3 is 0 Å². The first-order valence-corrected chi connectivity index (χ1v) is 7.30. The van der Waals surface area contributed by atoms with Gasteiger partial charge in [-0.2, -0.15) is 0 Å². The van der Waals surface area contributed by atoms with Crippen molar-refractivity contribution in [1.29, 1.82) is 0 Å². The third kappa shape index (κ3) is 2.68. The van der Waals surface area contributed by atoms with E-state index in [4.69, 9.17) is 10.5 Å². The molecule has 1 atom stereocenters. The molecular formula is C15H22N2O2. The molecule has 3 rings (SSSR count). The lowest BCUT2D eigenvalue weighted by molar-refractivity contribution is -0.0680. The van der Waals surface area contributed by atoms with Crippen LogP contribution in [0.1, 0.15) is 44.9 Å². The number of aromatic nitrogens is 1. The number of anilines is 1. The molecule has 1 aliphatic heterocycles. The van der Waals surface area contributed by atoms with Crippen LogP contribution in [0.2, 0.25) is 0 Å². The minimum absolute atomic E-state index is 0.104. The Kier molecular flexibility index (Phi) is 3.35. The van der Waals surface area contributed by atoms with Crippen LogP contribution in [0.5, 0.6) is 0 Å². The van der Waals surface area contributed by atoms with Crippen molar-refractivity contribution < 1.29 is 4.74 Å². The van der Waals surface area contributed by atoms with E-state index in [9.17, 15) is 4.79 Å². The SMILES string of the molecule is Nc1cn(CC2CCC3(CCCCC3)O2)ccc1=O. The lowest BCUT2D eigenvalue weighted by Crippen LogP contribution is -2.32. The summed E-state index contributed by atoms with van der Waals surface area (Å²) in [4.78, 5) is 11.3. The van der Waals surface area contributed by atoms with Gasteiger partial charge in [0.1, 0.15) is 0 Å². The Labute approximate surface area is 113 Å². The monoisotopic (exact) mass is 262 g/mol. The minimum Gasteiger partial charge on any atom is -0.394 e. The summed E-state index contributed by atoms with van der Waals surface area (Å²) in [6.07, 6.45) is 12.5. The van der Waals surface area contributed by atoms with E-state index in [-0.39, 0.29) is 17.1 Å². The van der Waals surface area contributed by atoms with Crippen LogP contribution in [0, 0.1) is 0 Å². The second kappa shape index (κ2) is 5.00. The Morgan fingerprint density at radius 3 is 2.84 bits per heavy atom. The van der Waals surface area contributed by atoms with Crippen LogP contribution < -0.4 is 11.2 Å². The number of rotatable bonds is 2. The summed E-state index contributed by atoms with van der Waals surface area (Å²) in [7, 11) is 0. The number of nitrogens with zero attached hydrogens (tertiary/aromatic N) is 1. The predicted molar refractivity (Wildman–Crippen MR) is 75.0 cm³/mol. The number of nitrogens with two attached hydrogens (primary N) is 1. The smallest absolute Gasteiger partial charge is 0.204 e. The quantitative estimate of drug-likeness (QED) is 0.889. The highest BCUT2D eigenvalue weighted by atomic mass is 16.5. The highest BCUT2D eigenvalue weighted by molar-refractivity contribution is 5.33. The van der Waals surface area contributed by atoms with Gasteiger partial charge in [0.15, 0.2) is 0 Å². The molecule has 1 saturated carbocycles. The topological polar surface area (TPSA) is 57.2 Å². The van der Waals surface area contributed by atoms with Crippen LogP contribution in [0.3, 0.4) is 0 Å². The van der Waals surface area contributed by atoms with Gasteiger partial charge in [-0.05, 0) is 25.7 Å². The maximum atomic E-state index is 11.3. The molecule has 1 aromatic rings. The lowest BCUT2D eigenvalue weighted by atomic mass is 9.83. The molecular weight excluding hydrogens is 240 g/mol. The molecule has 1 saturated heterocycles. The molecule has 1 spiro atoms. The maximum Gasteiger partial charge on any atom is 0.204 e. The van der Waals surface area contributed by atoms with Crippen molar-refractivity contribution >= 4 is 5.69 Å². The third-order valence-electron chi connectivity index (χ3n) is 4.52. The molecule has 0 aromatic carbocycles. The van der Waals surface area contributed by atoms with Gasteiger partial charge in [-0.3, -0.25) is 4.79 Å². The number of ether oxygens (including phenoxy) is 1. The summed E-state index contributed by atoms with van der Waals surface area (Å²) in [6, 6.07) is 1.53. The second-order valence-corrected chi connectivity index (χ2v) is 5.98. The van der Waals surface area contributed by atoms with Crippen molar-refractivity contribution in [3.63, 3.8) is 0 Å². The van der Waals surface area contributed by atoms with Gasteiger partial charge in [0.25, 0.3) is 0 Å². The molecule has 104 valence electrons. The van der Waals surface area contributed by atoms with Gasteiger partial charge < -0.3 is 15.0 Å². The molecule has 1 aliphatic carbocycles. The van der Waals surface area contributed by atoms with E-state index < -0.39 is 0 Å². The van der Waals surface area contributed by atoms with E-state index in [0.29, 0.717) is 5.69 Å². The van der Waals surface area contributed by atoms with Crippen LogP contribution in [0.15, 0.2) is 23.3 Å². The van der Waals surface area contributed by atoms with Gasteiger partial charge in [-0.1, -0.05) is 19.3 Å². The van der Waals surface area contributed by atoms with Crippen molar-refractivity contribution in [2.75, 3.05) is 5.73 Å². The highest BCUT2D eigenvalue weighted by Gasteiger charge is 2.40. The Morgan fingerprint density at radius 1 is 1.32 bits per heavy atom. The summed E-state index contributed by atoms with van der Waals surface area (Å²) in [5.74, 6) is 0. The Morgan fingerprint density at radius 2 is 2.11 bits per heavy atom. The van der Waals surface area contributed by atoms with Crippen LogP contribution in [-0.4, -0.2) is 16.3 Å². The van der Waals surface area contributed by atoms with Crippen LogP contribution in [0.25, 0.3) is 0 Å². The zero-order valence-corrected chi connectivity index (χ0v) is 11.3. The Balaban J connectivity index is 1.65. The first-order chi connectivity index (χ1) is 9.17. The molecule has 1 aromatic heterocycles. The Hall–Kier alpha value is -1.29. The fraction of sp³-hybridized carbons (Fsp3) is 0.667. The molecule has 4 nitrogen and oxygen atoms in total. The van der Waals surface area contributed by atoms with E-state index in [2.05, 4.69) is 0 Å². The summed E-state index contributed by atoms with van der Waals surface area (Å²) < 4.78 is 8.30. The van der Waals surface area contributed by atoms with Crippen molar-refractivity contribution in [1.82, 2.24) is 4.57 Å². The summed E-state index contributed by atoms with van der Waals surface area (Å²) >= 11 is 0. The second-order valence-electron chi connectivity index (χ2n) is 5.98. The molecule has 2 aliphatic rings. The summed E-state index contributed by atoms with van der Waals surface area (Å²) in [6.45, 7) is 0.798. The Bertz CT molecular complexity index is 503. The molecule has 2 fully saturated rings. The van der Waals surface area contributed by atoms with E-state index >= 15 is 0 Å². The predicted octanol–water partition coefficient (Wildman–Crippen LogP) is 2.31. The molecule has 0 bridgehead atoms. The van der Waals surface area contributed by atoms with Gasteiger partial charge in [-0.25, -0.2) is 0 Å². The van der Waals surface area contributed by atoms with E-state index in [0.717, 1.165) is 13.0 Å². The number of pyridine rings is 1. The van der Waals surface area contributed by atoms with Gasteiger partial charge in [-0.15, -0.1) is 0 Å². The molecule has 4 heteroatoms. The molecule has 0 radical (unpaired) electrons. The normalized spacial score (nSPS) is 25.8. The largest absolute Gasteiger partial charge is 0.394 e. The van der Waals surface area contributed by atoms with E-state index in [1.165, 1.54) is 44.6 Å². The minimum atomic E-state index is -0.104. The highest BCUT2D eigenvalue weighted by Crippen LogP contribution is 2.42. The zero-order valence-electron chi connectivity index (χ0n) is 11.3. The maximum absolute atomic E-state index is 11.3. The van der Waals surface area contributed by atoms with Crippen molar-refractivity contribution in [2.24, 2.45) is 0 Å². The van der Waals surface area contributed by atoms with Gasteiger partial charge in [0.05, 0.1) is 17.4 Å². The van der Waals surface area contributed by atoms with Crippen LogP contribution >= 0.6 is 0 Å². The first-order valence-electron chi connectivity index (χ1n) is 7.30. The number of hydrogen-bond acceptors (Lipinski definition) is 3. The molecule has 1 unspecified atom stereocenters. The van der Waals surface area contributed by atoms with E-state index in [1.807, 2.05) is 4.57 Å². The van der Waals surface area contributed by atoms with Crippen molar-refractivity contribution in [2.45, 2.75) is 63.2 Å². The summed E-state index contributed by atoms with van der Waals surface area (Å²) in [5.41, 5.74) is 6.03. The molecule has 2 N–H and O–H groups in total. The molecule has 19 heavy (non-hydrogen) atoms. The zero-order chi connectivity index (χ0) is 13.3. The summed E-state index contributed by atoms with van der Waals surface area (Å²) in [5, 5.41) is 0. The average Bonchev–Trinajstić information content (AvgIpc) is 2.78. The number of nitrogen functional groups attached to an aromatic ring is 1. The average molecular weight is 262 g/mol. The van der Waals surface area contributed by atoms with Crippen molar-refractivity contribution in [3.05, 3.63) is 28.7 Å². The first kappa shape index (κ1) is 12.7.